The van der Waals surface area contributed by atoms with E-state index in [2.05, 4.69) is 0 Å². The van der Waals surface area contributed by atoms with Crippen molar-refractivity contribution in [2.24, 2.45) is 0 Å². The molecule has 44 heavy (non-hydrogen) atoms. The van der Waals surface area contributed by atoms with Crippen molar-refractivity contribution >= 4 is 17.7 Å². The van der Waals surface area contributed by atoms with Crippen molar-refractivity contribution in [1.29, 1.82) is 0 Å². The second-order valence-electron chi connectivity index (χ2n) is 11.7. The molecule has 0 saturated heterocycles. The van der Waals surface area contributed by atoms with Crippen LogP contribution in [0.5, 0.6) is 0 Å². The number of halogens is 1. The molecule has 2 amide bonds. The second kappa shape index (κ2) is 11.1. The molecule has 1 aliphatic rings. The maximum absolute atomic E-state index is 14.9. The average molecular weight is 588 g/mol. The van der Waals surface area contributed by atoms with Crippen molar-refractivity contribution in [2.45, 2.75) is 38.2 Å². The fourth-order valence-electron chi connectivity index (χ4n) is 5.80. The van der Waals surface area contributed by atoms with E-state index in [0.29, 0.717) is 33.5 Å². The quantitative estimate of drug-likeness (QED) is 0.209. The summed E-state index contributed by atoms with van der Waals surface area (Å²) in [7, 11) is 0. The van der Waals surface area contributed by atoms with Crippen LogP contribution >= 0.6 is 0 Å². The van der Waals surface area contributed by atoms with Gasteiger partial charge in [0.1, 0.15) is 22.6 Å². The minimum Gasteiger partial charge on any atom is -0.443 e. The molecule has 1 atom stereocenters. The first kappa shape index (κ1) is 28.8. The van der Waals surface area contributed by atoms with E-state index in [0.717, 1.165) is 10.5 Å². The molecule has 7 heteroatoms. The first-order valence-corrected chi connectivity index (χ1v) is 14.3. The number of amides is 2. The summed E-state index contributed by atoms with van der Waals surface area (Å²) in [5, 5.41) is 0. The van der Waals surface area contributed by atoms with Gasteiger partial charge in [-0.15, -0.1) is 0 Å². The number of ether oxygens (including phenoxy) is 1. The van der Waals surface area contributed by atoms with E-state index in [1.807, 2.05) is 60.7 Å². The lowest BCUT2D eigenvalue weighted by molar-refractivity contribution is -0.121. The van der Waals surface area contributed by atoms with Crippen molar-refractivity contribution in [3.63, 3.8) is 0 Å². The average Bonchev–Trinajstić information content (AvgIpc) is 3.25. The fourth-order valence-corrected chi connectivity index (χ4v) is 5.80. The Labute approximate surface area is 254 Å². The van der Waals surface area contributed by atoms with Crippen LogP contribution in [0.25, 0.3) is 22.3 Å². The molecule has 0 saturated carbocycles. The largest absolute Gasteiger partial charge is 0.443 e. The number of nitrogens with zero attached hydrogens (tertiary/aromatic N) is 1. The predicted molar refractivity (Wildman–Crippen MR) is 167 cm³/mol. The Morgan fingerprint density at radius 1 is 0.795 bits per heavy atom. The summed E-state index contributed by atoms with van der Waals surface area (Å²) in [5.74, 6) is -0.960. The highest BCUT2D eigenvalue weighted by Crippen LogP contribution is 2.49. The van der Waals surface area contributed by atoms with Gasteiger partial charge in [0.05, 0.1) is 11.3 Å². The molecule has 4 aromatic carbocycles. The van der Waals surface area contributed by atoms with E-state index in [1.54, 1.807) is 57.2 Å². The van der Waals surface area contributed by atoms with Crippen molar-refractivity contribution in [3.05, 3.63) is 148 Å². The molecule has 6 nitrogen and oxygen atoms in total. The summed E-state index contributed by atoms with van der Waals surface area (Å²) < 4.78 is 26.6. The third-order valence-corrected chi connectivity index (χ3v) is 7.69. The number of carbonyl (C=O) groups is 2. The Kier molecular flexibility index (Phi) is 7.25. The van der Waals surface area contributed by atoms with Crippen molar-refractivity contribution in [3.8, 4) is 22.3 Å². The van der Waals surface area contributed by atoms with Gasteiger partial charge < -0.3 is 9.15 Å². The van der Waals surface area contributed by atoms with Gasteiger partial charge in [-0.2, -0.15) is 0 Å². The molecule has 0 N–H and O–H groups in total. The van der Waals surface area contributed by atoms with E-state index < -0.39 is 34.5 Å². The molecule has 6 rings (SSSR count). The van der Waals surface area contributed by atoms with Gasteiger partial charge in [0.15, 0.2) is 0 Å². The first-order chi connectivity index (χ1) is 21.1. The lowest BCUT2D eigenvalue weighted by Gasteiger charge is -2.30. The Morgan fingerprint density at radius 3 is 2.05 bits per heavy atom. The second-order valence-corrected chi connectivity index (χ2v) is 11.7. The maximum Gasteiger partial charge on any atom is 0.421 e. The third-order valence-electron chi connectivity index (χ3n) is 7.69. The van der Waals surface area contributed by atoms with Crippen LogP contribution in [0, 0.1) is 5.82 Å². The minimum absolute atomic E-state index is 0.167. The summed E-state index contributed by atoms with van der Waals surface area (Å²) in [6, 6.07) is 33.0. The summed E-state index contributed by atoms with van der Waals surface area (Å²) >= 11 is 0. The zero-order valence-corrected chi connectivity index (χ0v) is 24.5. The van der Waals surface area contributed by atoms with Gasteiger partial charge >= 0.3 is 11.7 Å². The van der Waals surface area contributed by atoms with Crippen LogP contribution in [0.1, 0.15) is 37.7 Å². The van der Waals surface area contributed by atoms with Gasteiger partial charge in [0.25, 0.3) is 5.91 Å². The van der Waals surface area contributed by atoms with E-state index in [-0.39, 0.29) is 12.2 Å². The number of anilines is 1. The molecule has 0 spiro atoms. The Morgan fingerprint density at radius 2 is 1.41 bits per heavy atom. The van der Waals surface area contributed by atoms with Crippen LogP contribution in [0.15, 0.2) is 124 Å². The van der Waals surface area contributed by atoms with Crippen LogP contribution in [0.3, 0.4) is 0 Å². The highest BCUT2D eigenvalue weighted by molar-refractivity contribution is 6.22. The lowest BCUT2D eigenvalue weighted by atomic mass is 9.71. The van der Waals surface area contributed by atoms with Crippen LogP contribution in [-0.4, -0.2) is 17.6 Å². The van der Waals surface area contributed by atoms with Gasteiger partial charge in [-0.1, -0.05) is 91.0 Å². The predicted octanol–water partition coefficient (Wildman–Crippen LogP) is 7.92. The first-order valence-electron chi connectivity index (χ1n) is 14.3. The number of fused-ring (bicyclic) bond motifs is 1. The fraction of sp³-hybridized carbons (Fsp3) is 0.162. The van der Waals surface area contributed by atoms with Crippen LogP contribution in [-0.2, 0) is 21.4 Å². The van der Waals surface area contributed by atoms with Gasteiger partial charge in [0, 0.05) is 12.0 Å². The summed E-state index contributed by atoms with van der Waals surface area (Å²) in [6.07, 6.45) is -1.02. The number of para-hydroxylation sites is 1. The molecular weight excluding hydrogens is 557 g/mol. The summed E-state index contributed by atoms with van der Waals surface area (Å²) in [6.45, 7) is 5.14. The molecule has 1 aliphatic heterocycles. The SMILES string of the molecule is CC(C)(C)OC(=O)N1C(=O)C(Cc2oc(=O)c(-c3ccccc3)cc2-c2ccccc2)(c2cccc(F)c2)c2ccccc21. The Balaban J connectivity index is 1.61. The number of carbonyl (C=O) groups excluding carboxylic acids is 2. The molecule has 0 fully saturated rings. The molecule has 220 valence electrons. The van der Waals surface area contributed by atoms with Crippen LogP contribution in [0.2, 0.25) is 0 Å². The number of benzene rings is 4. The van der Waals surface area contributed by atoms with E-state index in [9.17, 15) is 18.8 Å². The Bertz CT molecular complexity index is 1930. The topological polar surface area (TPSA) is 76.8 Å². The highest BCUT2D eigenvalue weighted by atomic mass is 19.1. The van der Waals surface area contributed by atoms with E-state index in [4.69, 9.17) is 9.15 Å². The molecule has 0 radical (unpaired) electrons. The zero-order chi connectivity index (χ0) is 31.1. The van der Waals surface area contributed by atoms with Gasteiger partial charge in [-0.3, -0.25) is 4.79 Å². The summed E-state index contributed by atoms with van der Waals surface area (Å²) in [4.78, 5) is 42.8. The van der Waals surface area contributed by atoms with E-state index in [1.165, 1.54) is 18.2 Å². The van der Waals surface area contributed by atoms with Crippen molar-refractivity contribution in [1.82, 2.24) is 0 Å². The van der Waals surface area contributed by atoms with Crippen LogP contribution < -0.4 is 10.5 Å². The molecule has 0 aliphatic carbocycles. The standard InChI is InChI=1S/C37H30FNO5/c1-36(2,3)44-35(42)39-31-20-11-10-19-30(31)37(34(39)41,26-17-12-18-27(38)21-26)23-32-28(24-13-6-4-7-14-24)22-29(33(40)43-32)25-15-8-5-9-16-25/h4-22H,23H2,1-3H3. The normalized spacial score (nSPS) is 16.1. The molecule has 1 unspecified atom stereocenters. The van der Waals surface area contributed by atoms with Crippen molar-refractivity contribution in [2.75, 3.05) is 4.90 Å². The minimum atomic E-state index is -1.62. The third kappa shape index (κ3) is 5.11. The maximum atomic E-state index is 14.9. The molecule has 1 aromatic heterocycles. The molecular formula is C37H30FNO5. The smallest absolute Gasteiger partial charge is 0.421 e. The van der Waals surface area contributed by atoms with Crippen molar-refractivity contribution < 1.29 is 23.1 Å². The monoisotopic (exact) mass is 587 g/mol. The Hall–Kier alpha value is -5.30. The molecule has 5 aromatic rings. The van der Waals surface area contributed by atoms with Gasteiger partial charge in [-0.05, 0) is 67.3 Å². The number of rotatable bonds is 5. The number of imide groups is 1. The number of hydrogen-bond acceptors (Lipinski definition) is 5. The van der Waals surface area contributed by atoms with E-state index >= 15 is 0 Å². The lowest BCUT2D eigenvalue weighted by Crippen LogP contribution is -2.47. The summed E-state index contributed by atoms with van der Waals surface area (Å²) in [5.41, 5.74) is 0.431. The number of hydrogen-bond donors (Lipinski definition) is 0. The van der Waals surface area contributed by atoms with Gasteiger partial charge in [-0.25, -0.2) is 18.9 Å². The van der Waals surface area contributed by atoms with Crippen LogP contribution in [0.4, 0.5) is 14.9 Å². The highest BCUT2D eigenvalue weighted by Gasteiger charge is 2.55. The van der Waals surface area contributed by atoms with Gasteiger partial charge in [0.2, 0.25) is 0 Å². The molecule has 2 heterocycles. The molecule has 0 bridgehead atoms. The zero-order valence-electron chi connectivity index (χ0n) is 24.5.